The summed E-state index contributed by atoms with van der Waals surface area (Å²) >= 11 is 2.05. The topological polar surface area (TPSA) is 23.6 Å². The highest BCUT2D eigenvalue weighted by Crippen LogP contribution is 2.28. The molecule has 22 heavy (non-hydrogen) atoms. The average Bonchev–Trinajstić information content (AvgIpc) is 2.93. The van der Waals surface area contributed by atoms with Gasteiger partial charge in [-0.3, -0.25) is 4.79 Å². The van der Waals surface area contributed by atoms with Gasteiger partial charge in [0.05, 0.1) is 6.04 Å². The van der Waals surface area contributed by atoms with Crippen LogP contribution in [0.15, 0.2) is 0 Å². The molecule has 0 radical (unpaired) electrons. The lowest BCUT2D eigenvalue weighted by Gasteiger charge is -2.34. The summed E-state index contributed by atoms with van der Waals surface area (Å²) in [5.41, 5.74) is 0. The Morgan fingerprint density at radius 3 is 2.50 bits per heavy atom. The molecule has 1 unspecified atom stereocenters. The Morgan fingerprint density at radius 1 is 0.955 bits per heavy atom. The maximum atomic E-state index is 12.9. The van der Waals surface area contributed by atoms with Crippen molar-refractivity contribution in [1.82, 2.24) is 9.80 Å². The normalized spacial score (nSPS) is 28.7. The number of hydrogen-bond donors (Lipinski definition) is 0. The Morgan fingerprint density at radius 2 is 1.73 bits per heavy atom. The smallest absolute Gasteiger partial charge is 0.223 e. The van der Waals surface area contributed by atoms with Gasteiger partial charge in [0.1, 0.15) is 0 Å². The molecule has 1 saturated carbocycles. The molecule has 0 aromatic carbocycles. The van der Waals surface area contributed by atoms with Gasteiger partial charge >= 0.3 is 0 Å². The molecule has 3 rings (SSSR count). The Balaban J connectivity index is 1.57. The quantitative estimate of drug-likeness (QED) is 0.792. The molecular weight excluding hydrogens is 292 g/mol. The molecule has 0 spiro atoms. The highest BCUT2D eigenvalue weighted by Gasteiger charge is 2.29. The van der Waals surface area contributed by atoms with Gasteiger partial charge in [-0.05, 0) is 56.9 Å². The van der Waals surface area contributed by atoms with E-state index in [1.165, 1.54) is 70.2 Å². The molecule has 1 aliphatic carbocycles. The first kappa shape index (κ1) is 16.6. The van der Waals surface area contributed by atoms with Crippen molar-refractivity contribution in [3.8, 4) is 0 Å². The van der Waals surface area contributed by atoms with E-state index in [0.717, 1.165) is 25.3 Å². The van der Waals surface area contributed by atoms with Gasteiger partial charge in [0, 0.05) is 25.3 Å². The van der Waals surface area contributed by atoms with Crippen LogP contribution in [0.25, 0.3) is 0 Å². The maximum absolute atomic E-state index is 12.9. The van der Waals surface area contributed by atoms with Crippen LogP contribution in [0.3, 0.4) is 0 Å². The molecule has 1 atom stereocenters. The molecule has 0 bridgehead atoms. The summed E-state index contributed by atoms with van der Waals surface area (Å²) in [6, 6.07) is 0.460. The van der Waals surface area contributed by atoms with Crippen LogP contribution in [0.4, 0.5) is 0 Å². The van der Waals surface area contributed by atoms with Crippen LogP contribution in [-0.2, 0) is 4.79 Å². The van der Waals surface area contributed by atoms with Crippen molar-refractivity contribution < 1.29 is 4.79 Å². The lowest BCUT2D eigenvalue weighted by Crippen LogP contribution is -2.48. The van der Waals surface area contributed by atoms with E-state index < -0.39 is 0 Å². The van der Waals surface area contributed by atoms with E-state index in [0.29, 0.717) is 17.9 Å². The van der Waals surface area contributed by atoms with E-state index in [4.69, 9.17) is 0 Å². The van der Waals surface area contributed by atoms with E-state index in [-0.39, 0.29) is 0 Å². The number of carbonyl (C=O) groups is 1. The number of carbonyl (C=O) groups excluding carboxylic acids is 1. The van der Waals surface area contributed by atoms with Crippen molar-refractivity contribution >= 4 is 17.7 Å². The van der Waals surface area contributed by atoms with E-state index in [1.54, 1.807) is 0 Å². The second-order valence-electron chi connectivity index (χ2n) is 7.39. The molecule has 126 valence electrons. The maximum Gasteiger partial charge on any atom is 0.223 e. The third-order valence-electron chi connectivity index (χ3n) is 5.61. The Bertz CT molecular complexity index is 351. The lowest BCUT2D eigenvalue weighted by atomic mass is 9.86. The van der Waals surface area contributed by atoms with E-state index >= 15 is 0 Å². The fourth-order valence-corrected chi connectivity index (χ4v) is 5.38. The highest BCUT2D eigenvalue weighted by molar-refractivity contribution is 7.99. The third-order valence-corrected chi connectivity index (χ3v) is 6.81. The molecule has 0 aromatic rings. The predicted octanol–water partition coefficient (Wildman–Crippen LogP) is 3.39. The fraction of sp³-hybridized carbons (Fsp3) is 0.944. The number of nitrogens with zero attached hydrogens (tertiary/aromatic N) is 2. The zero-order valence-corrected chi connectivity index (χ0v) is 14.8. The van der Waals surface area contributed by atoms with Crippen LogP contribution in [-0.4, -0.2) is 59.4 Å². The minimum absolute atomic E-state index is 0.457. The summed E-state index contributed by atoms with van der Waals surface area (Å²) < 4.78 is 0. The van der Waals surface area contributed by atoms with E-state index in [1.807, 2.05) is 0 Å². The summed E-state index contributed by atoms with van der Waals surface area (Å²) in [4.78, 5) is 17.8. The van der Waals surface area contributed by atoms with Gasteiger partial charge in [0.2, 0.25) is 5.91 Å². The molecule has 2 saturated heterocycles. The number of thioether (sulfide) groups is 1. The molecule has 2 aliphatic heterocycles. The number of hydrogen-bond acceptors (Lipinski definition) is 3. The molecule has 0 N–H and O–H groups in total. The second kappa shape index (κ2) is 8.58. The van der Waals surface area contributed by atoms with Crippen molar-refractivity contribution in [2.45, 2.75) is 63.8 Å². The number of likely N-dealkylation sites (tertiary alicyclic amines) is 1. The van der Waals surface area contributed by atoms with Gasteiger partial charge in [-0.15, -0.1) is 0 Å². The molecular formula is C18H32N2OS. The van der Waals surface area contributed by atoms with Crippen LogP contribution < -0.4 is 0 Å². The summed E-state index contributed by atoms with van der Waals surface area (Å²) in [6.45, 7) is 4.60. The Kier molecular flexibility index (Phi) is 6.49. The zero-order valence-electron chi connectivity index (χ0n) is 14.0. The molecule has 4 heteroatoms. The molecule has 3 fully saturated rings. The third kappa shape index (κ3) is 4.64. The summed E-state index contributed by atoms with van der Waals surface area (Å²) in [5.74, 6) is 3.50. The molecule has 0 aromatic heterocycles. The van der Waals surface area contributed by atoms with Gasteiger partial charge in [-0.2, -0.15) is 11.8 Å². The van der Waals surface area contributed by atoms with Crippen molar-refractivity contribution in [1.29, 1.82) is 0 Å². The minimum Gasteiger partial charge on any atom is -0.338 e. The standard InChI is InChI=1S/C18H32N2OS/c21-18(13-16-7-2-1-3-8-16)20-11-6-12-22-15-17(20)14-19-9-4-5-10-19/h16-17H,1-15H2. The Hall–Kier alpha value is -0.220. The van der Waals surface area contributed by atoms with Crippen molar-refractivity contribution in [2.24, 2.45) is 5.92 Å². The summed E-state index contributed by atoms with van der Waals surface area (Å²) in [5, 5.41) is 0. The van der Waals surface area contributed by atoms with Crippen molar-refractivity contribution in [2.75, 3.05) is 37.7 Å². The first-order valence-electron chi connectivity index (χ1n) is 9.42. The van der Waals surface area contributed by atoms with E-state index in [9.17, 15) is 4.79 Å². The van der Waals surface area contributed by atoms with Crippen molar-refractivity contribution in [3.05, 3.63) is 0 Å². The molecule has 3 aliphatic rings. The fourth-order valence-electron chi connectivity index (χ4n) is 4.33. The van der Waals surface area contributed by atoms with Crippen LogP contribution in [0.1, 0.15) is 57.8 Å². The van der Waals surface area contributed by atoms with Gasteiger partial charge in [-0.1, -0.05) is 19.3 Å². The summed E-state index contributed by atoms with van der Waals surface area (Å²) in [7, 11) is 0. The SMILES string of the molecule is O=C(CC1CCCCC1)N1CCCSCC1CN1CCCC1. The predicted molar refractivity (Wildman–Crippen MR) is 94.3 cm³/mol. The molecule has 3 nitrogen and oxygen atoms in total. The van der Waals surface area contributed by atoms with Crippen LogP contribution >= 0.6 is 11.8 Å². The van der Waals surface area contributed by atoms with Gasteiger partial charge in [0.25, 0.3) is 0 Å². The lowest BCUT2D eigenvalue weighted by molar-refractivity contribution is -0.134. The number of rotatable bonds is 4. The van der Waals surface area contributed by atoms with Crippen molar-refractivity contribution in [3.63, 3.8) is 0 Å². The largest absolute Gasteiger partial charge is 0.338 e. The zero-order chi connectivity index (χ0) is 15.2. The molecule has 2 heterocycles. The monoisotopic (exact) mass is 324 g/mol. The van der Waals surface area contributed by atoms with Gasteiger partial charge in [-0.25, -0.2) is 0 Å². The molecule has 1 amide bonds. The van der Waals surface area contributed by atoms with E-state index in [2.05, 4.69) is 21.6 Å². The Labute approximate surface area is 140 Å². The van der Waals surface area contributed by atoms with Gasteiger partial charge < -0.3 is 9.80 Å². The highest BCUT2D eigenvalue weighted by atomic mass is 32.2. The van der Waals surface area contributed by atoms with Gasteiger partial charge in [0.15, 0.2) is 0 Å². The summed E-state index contributed by atoms with van der Waals surface area (Å²) in [6.07, 6.45) is 11.3. The minimum atomic E-state index is 0.457. The average molecular weight is 325 g/mol. The van der Waals surface area contributed by atoms with Crippen LogP contribution in [0.2, 0.25) is 0 Å². The first-order chi connectivity index (χ1) is 10.8. The van der Waals surface area contributed by atoms with Crippen LogP contribution in [0, 0.1) is 5.92 Å². The van der Waals surface area contributed by atoms with Crippen LogP contribution in [0.5, 0.6) is 0 Å². The number of amides is 1. The second-order valence-corrected chi connectivity index (χ2v) is 8.54. The first-order valence-corrected chi connectivity index (χ1v) is 10.6.